The number of aromatic nitrogens is 3. The van der Waals surface area contributed by atoms with Gasteiger partial charge in [0.15, 0.2) is 17.3 Å². The second-order valence-electron chi connectivity index (χ2n) is 6.23. The average Bonchev–Trinajstić information content (AvgIpc) is 3.16. The Hall–Kier alpha value is -3.00. The molecule has 2 heterocycles. The summed E-state index contributed by atoms with van der Waals surface area (Å²) in [5, 5.41) is 14.2. The van der Waals surface area contributed by atoms with Crippen molar-refractivity contribution in [2.45, 2.75) is 12.1 Å². The minimum absolute atomic E-state index is 0.558. The molecular weight excluding hydrogens is 376 g/mol. The Labute approximate surface area is 167 Å². The quantitative estimate of drug-likeness (QED) is 0.656. The lowest BCUT2D eigenvalue weighted by molar-refractivity contribution is 0.324. The minimum atomic E-state index is 0.558. The van der Waals surface area contributed by atoms with Crippen LogP contribution in [-0.4, -0.2) is 47.7 Å². The Morgan fingerprint density at radius 1 is 0.893 bits per heavy atom. The van der Waals surface area contributed by atoms with E-state index in [0.29, 0.717) is 28.8 Å². The smallest absolute Gasteiger partial charge is 0.212 e. The highest BCUT2D eigenvalue weighted by Gasteiger charge is 2.23. The van der Waals surface area contributed by atoms with Crippen molar-refractivity contribution in [3.8, 4) is 28.6 Å². The molecule has 0 bridgehead atoms. The molecule has 4 rings (SSSR count). The second-order valence-corrected chi connectivity index (χ2v) is 7.18. The standard InChI is InChI=1S/C20H20N4O3S/c1-12-5-7-13(8-6-12)19-21-22-20-24(19)23-15(11-28-20)14-9-16(25-2)18(27-4)17(10-14)26-3/h5-10H,11H2,1-4H3. The van der Waals surface area contributed by atoms with E-state index < -0.39 is 0 Å². The average molecular weight is 396 g/mol. The van der Waals surface area contributed by atoms with E-state index in [1.54, 1.807) is 37.8 Å². The van der Waals surface area contributed by atoms with E-state index in [0.717, 1.165) is 22.0 Å². The molecule has 1 aliphatic rings. The normalized spacial score (nSPS) is 12.9. The molecule has 0 N–H and O–H groups in total. The van der Waals surface area contributed by atoms with Gasteiger partial charge in [-0.1, -0.05) is 41.6 Å². The van der Waals surface area contributed by atoms with Gasteiger partial charge < -0.3 is 14.2 Å². The third-order valence-corrected chi connectivity index (χ3v) is 5.41. The fourth-order valence-corrected chi connectivity index (χ4v) is 3.84. The van der Waals surface area contributed by atoms with E-state index in [1.165, 1.54) is 5.56 Å². The fraction of sp³-hybridized carbons (Fsp3) is 0.250. The number of methoxy groups -OCH3 is 3. The molecule has 8 heteroatoms. The zero-order valence-corrected chi connectivity index (χ0v) is 16.9. The van der Waals surface area contributed by atoms with Gasteiger partial charge in [0.25, 0.3) is 0 Å². The van der Waals surface area contributed by atoms with Crippen molar-refractivity contribution in [1.82, 2.24) is 14.9 Å². The van der Waals surface area contributed by atoms with Crippen LogP contribution in [0.2, 0.25) is 0 Å². The maximum absolute atomic E-state index is 5.47. The molecule has 0 aliphatic carbocycles. The van der Waals surface area contributed by atoms with Crippen molar-refractivity contribution in [2.75, 3.05) is 27.1 Å². The maximum Gasteiger partial charge on any atom is 0.212 e. The lowest BCUT2D eigenvalue weighted by atomic mass is 10.1. The molecule has 0 saturated carbocycles. The molecule has 144 valence electrons. The van der Waals surface area contributed by atoms with Crippen LogP contribution in [0, 0.1) is 6.92 Å². The highest BCUT2D eigenvalue weighted by atomic mass is 32.2. The number of ether oxygens (including phenoxy) is 3. The number of hydrogen-bond acceptors (Lipinski definition) is 7. The molecule has 0 amide bonds. The summed E-state index contributed by atoms with van der Waals surface area (Å²) >= 11 is 1.59. The molecule has 0 saturated heterocycles. The zero-order valence-electron chi connectivity index (χ0n) is 16.1. The summed E-state index contributed by atoms with van der Waals surface area (Å²) in [5.41, 5.74) is 3.94. The van der Waals surface area contributed by atoms with Gasteiger partial charge in [0.1, 0.15) is 0 Å². The van der Waals surface area contributed by atoms with Crippen molar-refractivity contribution in [2.24, 2.45) is 5.10 Å². The van der Waals surface area contributed by atoms with Crippen LogP contribution >= 0.6 is 11.8 Å². The van der Waals surface area contributed by atoms with Crippen LogP contribution in [0.1, 0.15) is 11.1 Å². The predicted molar refractivity (Wildman–Crippen MR) is 109 cm³/mol. The third kappa shape index (κ3) is 3.20. The number of rotatable bonds is 5. The molecule has 28 heavy (non-hydrogen) atoms. The number of aryl methyl sites for hydroxylation is 1. The van der Waals surface area contributed by atoms with Crippen LogP contribution in [0.15, 0.2) is 46.7 Å². The molecule has 1 aliphatic heterocycles. The summed E-state index contributed by atoms with van der Waals surface area (Å²) in [6.45, 7) is 2.06. The third-order valence-electron chi connectivity index (χ3n) is 4.48. The van der Waals surface area contributed by atoms with Crippen LogP contribution in [-0.2, 0) is 0 Å². The van der Waals surface area contributed by atoms with Crippen LogP contribution in [0.5, 0.6) is 17.2 Å². The molecule has 0 radical (unpaired) electrons. The van der Waals surface area contributed by atoms with Crippen LogP contribution in [0.3, 0.4) is 0 Å². The molecule has 0 atom stereocenters. The first-order chi connectivity index (χ1) is 13.6. The van der Waals surface area contributed by atoms with Crippen molar-refractivity contribution >= 4 is 17.5 Å². The van der Waals surface area contributed by atoms with Crippen molar-refractivity contribution < 1.29 is 14.2 Å². The van der Waals surface area contributed by atoms with Crippen molar-refractivity contribution in [3.05, 3.63) is 47.5 Å². The van der Waals surface area contributed by atoms with E-state index in [-0.39, 0.29) is 0 Å². The van der Waals surface area contributed by atoms with Gasteiger partial charge in [-0.2, -0.15) is 9.78 Å². The summed E-state index contributed by atoms with van der Waals surface area (Å²) in [7, 11) is 4.79. The molecule has 0 spiro atoms. The summed E-state index contributed by atoms with van der Waals surface area (Å²) in [6, 6.07) is 12.0. The Bertz CT molecular complexity index is 1020. The minimum Gasteiger partial charge on any atom is -0.493 e. The van der Waals surface area contributed by atoms with Crippen LogP contribution in [0.25, 0.3) is 11.4 Å². The van der Waals surface area contributed by atoms with E-state index in [2.05, 4.69) is 29.3 Å². The molecule has 7 nitrogen and oxygen atoms in total. The maximum atomic E-state index is 5.47. The fourth-order valence-electron chi connectivity index (χ4n) is 3.00. The molecule has 0 fully saturated rings. The van der Waals surface area contributed by atoms with Crippen molar-refractivity contribution in [1.29, 1.82) is 0 Å². The largest absolute Gasteiger partial charge is 0.493 e. The number of benzene rings is 2. The molecule has 3 aromatic rings. The van der Waals surface area contributed by atoms with Gasteiger partial charge in [-0.3, -0.25) is 0 Å². The topological polar surface area (TPSA) is 70.8 Å². The highest BCUT2D eigenvalue weighted by Crippen LogP contribution is 2.39. The van der Waals surface area contributed by atoms with Crippen LogP contribution < -0.4 is 14.2 Å². The van der Waals surface area contributed by atoms with E-state index in [4.69, 9.17) is 19.3 Å². The zero-order chi connectivity index (χ0) is 19.7. The van der Waals surface area contributed by atoms with Gasteiger partial charge in [-0.15, -0.1) is 10.2 Å². The van der Waals surface area contributed by atoms with E-state index >= 15 is 0 Å². The Kier molecular flexibility index (Phi) is 4.95. The Morgan fingerprint density at radius 2 is 1.57 bits per heavy atom. The number of hydrogen-bond donors (Lipinski definition) is 0. The second kappa shape index (κ2) is 7.55. The van der Waals surface area contributed by atoms with Gasteiger partial charge in [0.05, 0.1) is 27.0 Å². The number of nitrogens with zero attached hydrogens (tertiary/aromatic N) is 4. The van der Waals surface area contributed by atoms with Gasteiger partial charge in [-0.05, 0) is 19.1 Å². The van der Waals surface area contributed by atoms with Crippen LogP contribution in [0.4, 0.5) is 0 Å². The number of fused-ring (bicyclic) bond motifs is 1. The first-order valence-corrected chi connectivity index (χ1v) is 9.66. The molecular formula is C20H20N4O3S. The first kappa shape index (κ1) is 18.4. The summed E-state index contributed by atoms with van der Waals surface area (Å²) in [4.78, 5) is 0. The summed E-state index contributed by atoms with van der Waals surface area (Å²) < 4.78 is 18.1. The predicted octanol–water partition coefficient (Wildman–Crippen LogP) is 3.64. The Balaban J connectivity index is 1.79. The van der Waals surface area contributed by atoms with E-state index in [1.807, 2.05) is 24.3 Å². The lowest BCUT2D eigenvalue weighted by Crippen LogP contribution is -2.14. The van der Waals surface area contributed by atoms with Gasteiger partial charge >= 0.3 is 0 Å². The highest BCUT2D eigenvalue weighted by molar-refractivity contribution is 7.99. The Morgan fingerprint density at radius 3 is 2.18 bits per heavy atom. The SMILES string of the molecule is COc1cc(C2=Nn3c(nnc3-c3ccc(C)cc3)SC2)cc(OC)c1OC. The monoisotopic (exact) mass is 396 g/mol. The summed E-state index contributed by atoms with van der Waals surface area (Å²) in [6.07, 6.45) is 0. The molecule has 2 aromatic carbocycles. The lowest BCUT2D eigenvalue weighted by Gasteiger charge is -2.17. The first-order valence-electron chi connectivity index (χ1n) is 8.68. The van der Waals surface area contributed by atoms with Gasteiger partial charge in [0, 0.05) is 16.9 Å². The van der Waals surface area contributed by atoms with E-state index in [9.17, 15) is 0 Å². The molecule has 0 unspecified atom stereocenters. The summed E-state index contributed by atoms with van der Waals surface area (Å²) in [5.74, 6) is 3.14. The number of thioether (sulfide) groups is 1. The van der Waals surface area contributed by atoms with Crippen molar-refractivity contribution in [3.63, 3.8) is 0 Å². The van der Waals surface area contributed by atoms with Gasteiger partial charge in [-0.25, -0.2) is 0 Å². The van der Waals surface area contributed by atoms with Gasteiger partial charge in [0.2, 0.25) is 10.9 Å². The molecule has 1 aromatic heterocycles.